The minimum absolute atomic E-state index is 0.132. The summed E-state index contributed by atoms with van der Waals surface area (Å²) in [7, 11) is 0. The van der Waals surface area contributed by atoms with Crippen LogP contribution >= 0.6 is 15.9 Å². The lowest BCUT2D eigenvalue weighted by Crippen LogP contribution is -2.11. The van der Waals surface area contributed by atoms with Gasteiger partial charge in [0.15, 0.2) is 0 Å². The Morgan fingerprint density at radius 2 is 2.06 bits per heavy atom. The Hall–Kier alpha value is -0.700. The van der Waals surface area contributed by atoms with Crippen LogP contribution < -0.4 is 0 Å². The third kappa shape index (κ3) is 4.99. The molecule has 0 spiro atoms. The van der Waals surface area contributed by atoms with Crippen molar-refractivity contribution in [3.63, 3.8) is 0 Å². The van der Waals surface area contributed by atoms with Crippen LogP contribution in [0.25, 0.3) is 0 Å². The first-order valence-electron chi connectivity index (χ1n) is 4.46. The van der Waals surface area contributed by atoms with Crippen LogP contribution in [0.2, 0.25) is 0 Å². The van der Waals surface area contributed by atoms with Crippen LogP contribution in [0.1, 0.15) is 18.7 Å². The molecular formula is C8H8BrF5N2O. The Morgan fingerprint density at radius 3 is 2.53 bits per heavy atom. The molecular weight excluding hydrogens is 315 g/mol. The molecule has 0 aromatic carbocycles. The van der Waals surface area contributed by atoms with Crippen molar-refractivity contribution in [1.29, 1.82) is 0 Å². The van der Waals surface area contributed by atoms with Gasteiger partial charge in [-0.2, -0.15) is 27.1 Å². The molecule has 0 atom stereocenters. The van der Waals surface area contributed by atoms with E-state index in [0.29, 0.717) is 4.68 Å². The molecule has 1 heterocycles. The summed E-state index contributed by atoms with van der Waals surface area (Å²) < 4.78 is 65.0. The van der Waals surface area contributed by atoms with Gasteiger partial charge >= 0.3 is 12.7 Å². The lowest BCUT2D eigenvalue weighted by molar-refractivity contribution is -0.146. The summed E-state index contributed by atoms with van der Waals surface area (Å²) in [6, 6.07) is 0. The highest BCUT2D eigenvalue weighted by Crippen LogP contribution is 2.21. The lowest BCUT2D eigenvalue weighted by Gasteiger charge is -2.06. The van der Waals surface area contributed by atoms with Gasteiger partial charge in [-0.1, -0.05) is 0 Å². The number of hydrogen-bond donors (Lipinski definition) is 0. The van der Waals surface area contributed by atoms with Crippen LogP contribution in [-0.4, -0.2) is 22.6 Å². The average Bonchev–Trinajstić information content (AvgIpc) is 2.54. The Balaban J connectivity index is 2.42. The van der Waals surface area contributed by atoms with Gasteiger partial charge in [-0.25, -0.2) is 4.68 Å². The maximum Gasteiger partial charge on any atom is 0.391 e. The Bertz CT molecular complexity index is 365. The van der Waals surface area contributed by atoms with E-state index < -0.39 is 25.8 Å². The van der Waals surface area contributed by atoms with Crippen molar-refractivity contribution in [2.75, 3.05) is 6.61 Å². The van der Waals surface area contributed by atoms with Gasteiger partial charge < -0.3 is 4.74 Å². The molecule has 0 N–H and O–H groups in total. The van der Waals surface area contributed by atoms with E-state index in [2.05, 4.69) is 21.0 Å². The molecule has 1 aromatic rings. The number of hydrogen-bond acceptors (Lipinski definition) is 2. The van der Waals surface area contributed by atoms with E-state index in [1.807, 2.05) is 0 Å². The molecule has 17 heavy (non-hydrogen) atoms. The van der Waals surface area contributed by atoms with Crippen LogP contribution in [0.5, 0.6) is 0 Å². The molecule has 0 radical (unpaired) electrons. The molecule has 0 aliphatic heterocycles. The highest BCUT2D eigenvalue weighted by molar-refractivity contribution is 9.10. The fourth-order valence-corrected chi connectivity index (χ4v) is 1.36. The quantitative estimate of drug-likeness (QED) is 0.612. The summed E-state index contributed by atoms with van der Waals surface area (Å²) in [5.41, 5.74) is 0.132. The molecule has 98 valence electrons. The van der Waals surface area contributed by atoms with Crippen molar-refractivity contribution in [3.8, 4) is 0 Å². The Morgan fingerprint density at radius 1 is 1.41 bits per heavy atom. The number of nitrogens with zero attached hydrogens (tertiary/aromatic N) is 2. The topological polar surface area (TPSA) is 27.1 Å². The fourth-order valence-electron chi connectivity index (χ4n) is 0.961. The van der Waals surface area contributed by atoms with Gasteiger partial charge in [0, 0.05) is 6.20 Å². The highest BCUT2D eigenvalue weighted by atomic mass is 79.9. The maximum atomic E-state index is 12.2. The van der Waals surface area contributed by atoms with Gasteiger partial charge in [-0.15, -0.1) is 0 Å². The number of aromatic nitrogens is 2. The highest BCUT2D eigenvalue weighted by Gasteiger charge is 2.26. The van der Waals surface area contributed by atoms with Gasteiger partial charge in [-0.3, -0.25) is 0 Å². The number of ether oxygens (including phenoxy) is 1. The van der Waals surface area contributed by atoms with E-state index >= 15 is 0 Å². The summed E-state index contributed by atoms with van der Waals surface area (Å²) in [6.45, 7) is -3.58. The number of halogens is 6. The standard InChI is InChI=1S/C8H8BrF5N2O/c9-5-3-16(7(10)11)15-6(5)4-17-2-1-8(12,13)14/h3,7H,1-2,4H2. The van der Waals surface area contributed by atoms with Gasteiger partial charge in [-0.05, 0) is 15.9 Å². The minimum Gasteiger partial charge on any atom is -0.375 e. The van der Waals surface area contributed by atoms with E-state index in [9.17, 15) is 22.0 Å². The number of rotatable bonds is 5. The molecule has 0 aliphatic carbocycles. The molecule has 0 amide bonds. The zero-order valence-corrected chi connectivity index (χ0v) is 9.93. The fraction of sp³-hybridized carbons (Fsp3) is 0.625. The van der Waals surface area contributed by atoms with E-state index in [1.54, 1.807) is 0 Å². The van der Waals surface area contributed by atoms with Crippen molar-refractivity contribution in [3.05, 3.63) is 16.4 Å². The van der Waals surface area contributed by atoms with Crippen LogP contribution in [-0.2, 0) is 11.3 Å². The molecule has 3 nitrogen and oxygen atoms in total. The monoisotopic (exact) mass is 322 g/mol. The van der Waals surface area contributed by atoms with Crippen LogP contribution in [0, 0.1) is 0 Å². The largest absolute Gasteiger partial charge is 0.391 e. The van der Waals surface area contributed by atoms with Gasteiger partial charge in [0.2, 0.25) is 0 Å². The second-order valence-electron chi connectivity index (χ2n) is 3.10. The first-order chi connectivity index (χ1) is 7.79. The molecule has 0 aliphatic rings. The summed E-state index contributed by atoms with van der Waals surface area (Å²) in [6.07, 6.45) is -4.34. The normalized spacial score (nSPS) is 12.4. The van der Waals surface area contributed by atoms with E-state index in [0.717, 1.165) is 6.20 Å². The first kappa shape index (κ1) is 14.4. The van der Waals surface area contributed by atoms with Crippen LogP contribution in [0.3, 0.4) is 0 Å². The SMILES string of the molecule is FC(F)n1cc(Br)c(COCCC(F)(F)F)n1. The molecule has 1 rings (SSSR count). The third-order valence-corrected chi connectivity index (χ3v) is 2.39. The third-order valence-electron chi connectivity index (χ3n) is 1.73. The molecule has 0 saturated heterocycles. The first-order valence-corrected chi connectivity index (χ1v) is 5.25. The Labute approximate surface area is 102 Å². The van der Waals surface area contributed by atoms with Crippen molar-refractivity contribution in [2.45, 2.75) is 25.8 Å². The van der Waals surface area contributed by atoms with Gasteiger partial charge in [0.25, 0.3) is 0 Å². The zero-order chi connectivity index (χ0) is 13.1. The summed E-state index contributed by atoms with van der Waals surface area (Å²) in [5, 5.41) is 3.46. The van der Waals surface area contributed by atoms with Gasteiger partial charge in [0.05, 0.1) is 24.1 Å². The minimum atomic E-state index is -4.29. The van der Waals surface area contributed by atoms with Crippen LogP contribution in [0.15, 0.2) is 10.7 Å². The number of alkyl halides is 5. The van der Waals surface area contributed by atoms with E-state index in [4.69, 9.17) is 4.74 Å². The molecule has 0 unspecified atom stereocenters. The summed E-state index contributed by atoms with van der Waals surface area (Å²) in [5.74, 6) is 0. The van der Waals surface area contributed by atoms with Crippen molar-refractivity contribution in [2.24, 2.45) is 0 Å². The predicted molar refractivity (Wildman–Crippen MR) is 51.5 cm³/mol. The lowest BCUT2D eigenvalue weighted by atomic mass is 10.4. The molecule has 0 saturated carbocycles. The maximum absolute atomic E-state index is 12.2. The summed E-state index contributed by atoms with van der Waals surface area (Å²) in [4.78, 5) is 0. The molecule has 0 fully saturated rings. The smallest absolute Gasteiger partial charge is 0.375 e. The van der Waals surface area contributed by atoms with Gasteiger partial charge in [0.1, 0.15) is 5.69 Å². The second kappa shape index (κ2) is 5.76. The van der Waals surface area contributed by atoms with Crippen molar-refractivity contribution >= 4 is 15.9 Å². The van der Waals surface area contributed by atoms with Crippen LogP contribution in [0.4, 0.5) is 22.0 Å². The second-order valence-corrected chi connectivity index (χ2v) is 3.95. The average molecular weight is 323 g/mol. The van der Waals surface area contributed by atoms with E-state index in [1.165, 1.54) is 0 Å². The zero-order valence-electron chi connectivity index (χ0n) is 8.35. The van der Waals surface area contributed by atoms with E-state index in [-0.39, 0.29) is 16.8 Å². The summed E-state index contributed by atoms with van der Waals surface area (Å²) >= 11 is 2.96. The van der Waals surface area contributed by atoms with Crippen molar-refractivity contribution < 1.29 is 26.7 Å². The molecule has 9 heteroatoms. The molecule has 0 bridgehead atoms. The Kier molecular flexibility index (Phi) is 4.87. The molecule has 1 aromatic heterocycles. The predicted octanol–water partition coefficient (Wildman–Crippen LogP) is 3.51. The van der Waals surface area contributed by atoms with Crippen molar-refractivity contribution in [1.82, 2.24) is 9.78 Å².